The number of nitrogens with one attached hydrogen (secondary N) is 1. The molecule has 5 N–H and O–H groups in total. The minimum atomic E-state index is -1.29. The maximum atomic E-state index is 12.6. The van der Waals surface area contributed by atoms with E-state index in [4.69, 9.17) is 0 Å². The minimum Gasteiger partial charge on any atom is -0.394 e. The lowest BCUT2D eigenvalue weighted by molar-refractivity contribution is -0.132. The van der Waals surface area contributed by atoms with Crippen molar-refractivity contribution in [3.63, 3.8) is 0 Å². The molecule has 0 rings (SSSR count). The van der Waals surface area contributed by atoms with Crippen molar-refractivity contribution in [3.8, 4) is 0 Å². The van der Waals surface area contributed by atoms with Gasteiger partial charge in [-0.1, -0.05) is 301 Å². The Bertz CT molecular complexity index is 1090. The van der Waals surface area contributed by atoms with Crippen LogP contribution >= 0.6 is 0 Å². The summed E-state index contributed by atoms with van der Waals surface area (Å²) in [4.78, 5) is 12.6. The van der Waals surface area contributed by atoms with E-state index in [9.17, 15) is 25.2 Å². The van der Waals surface area contributed by atoms with E-state index < -0.39 is 36.9 Å². The highest BCUT2D eigenvalue weighted by Crippen LogP contribution is 2.18. The molecule has 0 saturated carbocycles. The zero-order chi connectivity index (χ0) is 50.2. The number of hydrogen-bond acceptors (Lipinski definition) is 5. The molecule has 6 nitrogen and oxygen atoms in total. The van der Waals surface area contributed by atoms with Crippen molar-refractivity contribution in [2.75, 3.05) is 6.61 Å². The first-order chi connectivity index (χ1) is 34.0. The average molecular weight is 973 g/mol. The number of aliphatic hydroxyl groups excluding tert-OH is 4. The predicted octanol–water partition coefficient (Wildman–Crippen LogP) is 18.4. The van der Waals surface area contributed by atoms with Gasteiger partial charge in [0.15, 0.2) is 0 Å². The highest BCUT2D eigenvalue weighted by atomic mass is 16.3. The molecule has 4 unspecified atom stereocenters. The van der Waals surface area contributed by atoms with Gasteiger partial charge in [-0.15, -0.1) is 0 Å². The lowest BCUT2D eigenvalue weighted by Crippen LogP contribution is -2.53. The maximum absolute atomic E-state index is 12.6. The van der Waals surface area contributed by atoms with Crippen molar-refractivity contribution >= 4 is 5.91 Å². The number of hydrogen-bond donors (Lipinski definition) is 5. The first-order valence-corrected chi connectivity index (χ1v) is 30.9. The third kappa shape index (κ3) is 51.2. The van der Waals surface area contributed by atoms with Gasteiger partial charge >= 0.3 is 0 Å². The fourth-order valence-electron chi connectivity index (χ4n) is 9.74. The van der Waals surface area contributed by atoms with Crippen LogP contribution in [0.15, 0.2) is 36.5 Å². The van der Waals surface area contributed by atoms with Crippen LogP contribution < -0.4 is 5.32 Å². The van der Waals surface area contributed by atoms with Crippen LogP contribution in [0, 0.1) is 0 Å². The van der Waals surface area contributed by atoms with Gasteiger partial charge in [-0.2, -0.15) is 0 Å². The molecule has 6 heteroatoms. The SMILES string of the molecule is CCCCCCCCCCCCCCCCC/C=C/CC/C=C/CC/C=C/CCCC(O)C(O)C(CO)NC(=O)C(O)CCCCCCCCCCCCCCCCCCCCCCCCCCC. The highest BCUT2D eigenvalue weighted by Gasteiger charge is 2.28. The number of rotatable bonds is 57. The van der Waals surface area contributed by atoms with E-state index >= 15 is 0 Å². The summed E-state index contributed by atoms with van der Waals surface area (Å²) in [6.07, 6.45) is 72.4. The number of carbonyl (C=O) groups is 1. The van der Waals surface area contributed by atoms with E-state index in [0.29, 0.717) is 19.3 Å². The van der Waals surface area contributed by atoms with Crippen molar-refractivity contribution in [2.45, 2.75) is 353 Å². The number of allylic oxidation sites excluding steroid dienone is 6. The van der Waals surface area contributed by atoms with Crippen LogP contribution in [0.1, 0.15) is 328 Å². The maximum Gasteiger partial charge on any atom is 0.249 e. The van der Waals surface area contributed by atoms with Crippen LogP contribution in [-0.2, 0) is 4.79 Å². The summed E-state index contributed by atoms with van der Waals surface area (Å²) in [7, 11) is 0. The van der Waals surface area contributed by atoms with Crippen LogP contribution in [0.4, 0.5) is 0 Å². The molecule has 0 saturated heterocycles. The Labute approximate surface area is 430 Å². The summed E-state index contributed by atoms with van der Waals surface area (Å²) in [5.74, 6) is -0.594. The molecule has 0 aromatic heterocycles. The quantitative estimate of drug-likeness (QED) is 0.0308. The van der Waals surface area contributed by atoms with Gasteiger partial charge in [-0.3, -0.25) is 4.79 Å². The fraction of sp³-hybridized carbons (Fsp3) is 0.889. The molecule has 0 aliphatic carbocycles. The molecule has 69 heavy (non-hydrogen) atoms. The Morgan fingerprint density at radius 1 is 0.348 bits per heavy atom. The zero-order valence-corrected chi connectivity index (χ0v) is 46.3. The lowest BCUT2D eigenvalue weighted by Gasteiger charge is -2.27. The van der Waals surface area contributed by atoms with Gasteiger partial charge in [-0.05, 0) is 64.2 Å². The van der Waals surface area contributed by atoms with E-state index in [2.05, 4.69) is 55.6 Å². The van der Waals surface area contributed by atoms with Gasteiger partial charge in [0.25, 0.3) is 0 Å². The third-order valence-electron chi connectivity index (χ3n) is 14.6. The van der Waals surface area contributed by atoms with Crippen molar-refractivity contribution < 1.29 is 25.2 Å². The Balaban J connectivity index is 3.66. The normalized spacial score (nSPS) is 13.9. The summed E-state index contributed by atoms with van der Waals surface area (Å²) in [5, 5.41) is 44.0. The smallest absolute Gasteiger partial charge is 0.249 e. The van der Waals surface area contributed by atoms with Crippen LogP contribution in [0.5, 0.6) is 0 Å². The second-order valence-corrected chi connectivity index (χ2v) is 21.4. The fourth-order valence-corrected chi connectivity index (χ4v) is 9.74. The van der Waals surface area contributed by atoms with Gasteiger partial charge in [0.2, 0.25) is 5.91 Å². The molecule has 0 radical (unpaired) electrons. The summed E-state index contributed by atoms with van der Waals surface area (Å²) < 4.78 is 0. The minimum absolute atomic E-state index is 0.362. The summed E-state index contributed by atoms with van der Waals surface area (Å²) in [6, 6.07) is -1.01. The first kappa shape index (κ1) is 67.5. The highest BCUT2D eigenvalue weighted by molar-refractivity contribution is 5.80. The van der Waals surface area contributed by atoms with Crippen molar-refractivity contribution in [3.05, 3.63) is 36.5 Å². The van der Waals surface area contributed by atoms with E-state index in [-0.39, 0.29) is 0 Å². The molecule has 4 atom stereocenters. The second kappa shape index (κ2) is 57.4. The monoisotopic (exact) mass is 972 g/mol. The molecule has 0 aromatic carbocycles. The molecule has 408 valence electrons. The molecule has 0 spiro atoms. The lowest BCUT2D eigenvalue weighted by atomic mass is 10.00. The van der Waals surface area contributed by atoms with Crippen LogP contribution in [-0.4, -0.2) is 57.3 Å². The third-order valence-corrected chi connectivity index (χ3v) is 14.6. The van der Waals surface area contributed by atoms with E-state index in [1.54, 1.807) is 0 Å². The van der Waals surface area contributed by atoms with E-state index in [1.807, 2.05) is 0 Å². The second-order valence-electron chi connectivity index (χ2n) is 21.4. The molecular weight excluding hydrogens is 851 g/mol. The first-order valence-electron chi connectivity index (χ1n) is 30.9. The van der Waals surface area contributed by atoms with Crippen molar-refractivity contribution in [1.82, 2.24) is 5.32 Å². The Morgan fingerprint density at radius 2 is 0.609 bits per heavy atom. The molecule has 0 aliphatic rings. The van der Waals surface area contributed by atoms with E-state index in [0.717, 1.165) is 51.4 Å². The number of unbranched alkanes of at least 4 members (excludes halogenated alkanes) is 42. The molecule has 1 amide bonds. The topological polar surface area (TPSA) is 110 Å². The molecule has 0 fully saturated rings. The summed E-state index contributed by atoms with van der Waals surface area (Å²) in [5.41, 5.74) is 0. The predicted molar refractivity (Wildman–Crippen MR) is 302 cm³/mol. The summed E-state index contributed by atoms with van der Waals surface area (Å²) >= 11 is 0. The van der Waals surface area contributed by atoms with Gasteiger partial charge < -0.3 is 25.7 Å². The van der Waals surface area contributed by atoms with Gasteiger partial charge in [0.1, 0.15) is 12.2 Å². The summed E-state index contributed by atoms with van der Waals surface area (Å²) in [6.45, 7) is 4.08. The Morgan fingerprint density at radius 3 is 0.913 bits per heavy atom. The van der Waals surface area contributed by atoms with Crippen LogP contribution in [0.2, 0.25) is 0 Å². The molecule has 0 bridgehead atoms. The molecule has 0 heterocycles. The van der Waals surface area contributed by atoms with Gasteiger partial charge in [-0.25, -0.2) is 0 Å². The van der Waals surface area contributed by atoms with Crippen LogP contribution in [0.3, 0.4) is 0 Å². The number of carbonyl (C=O) groups excluding carboxylic acids is 1. The Kier molecular flexibility index (Phi) is 56.2. The van der Waals surface area contributed by atoms with Crippen molar-refractivity contribution in [1.29, 1.82) is 0 Å². The zero-order valence-electron chi connectivity index (χ0n) is 46.3. The molecule has 0 aliphatic heterocycles. The van der Waals surface area contributed by atoms with Gasteiger partial charge in [0.05, 0.1) is 18.8 Å². The molecular formula is C63H121NO5. The Hall–Kier alpha value is -1.47. The average Bonchev–Trinajstić information content (AvgIpc) is 3.35. The van der Waals surface area contributed by atoms with Crippen LogP contribution in [0.25, 0.3) is 0 Å². The van der Waals surface area contributed by atoms with E-state index in [1.165, 1.54) is 244 Å². The standard InChI is InChI=1S/C63H121NO5/c1-3-5-7-9-11-13-15-17-19-21-23-25-27-29-30-31-33-34-36-38-40-42-44-46-48-50-52-54-56-60(66)62(68)59(58-65)64-63(69)61(67)57-55-53-51-49-47-45-43-41-39-37-35-32-28-26-24-22-20-18-16-14-12-10-8-6-4-2/h33-34,40,42,48,50,59-62,65-68H,3-32,35-39,41,43-47,49,51-58H2,1-2H3,(H,64,69)/b34-33+,42-40+,50-48+. The number of amides is 1. The van der Waals surface area contributed by atoms with Crippen molar-refractivity contribution in [2.24, 2.45) is 0 Å². The largest absolute Gasteiger partial charge is 0.394 e. The number of aliphatic hydroxyl groups is 4. The van der Waals surface area contributed by atoms with Gasteiger partial charge in [0, 0.05) is 0 Å². The molecule has 0 aromatic rings.